The van der Waals surface area contributed by atoms with Crippen LogP contribution < -0.4 is 0 Å². The van der Waals surface area contributed by atoms with Crippen LogP contribution in [0.25, 0.3) is 0 Å². The molecule has 1 aliphatic carbocycles. The predicted molar refractivity (Wildman–Crippen MR) is 63.8 cm³/mol. The maximum atomic E-state index is 14.8. The zero-order valence-electron chi connectivity index (χ0n) is 10.3. The van der Waals surface area contributed by atoms with E-state index in [0.717, 1.165) is 0 Å². The van der Waals surface area contributed by atoms with Crippen molar-refractivity contribution >= 4 is 5.78 Å². The van der Waals surface area contributed by atoms with Crippen LogP contribution >= 0.6 is 0 Å². The normalized spacial score (nSPS) is 25.8. The molecule has 0 fully saturated rings. The Morgan fingerprint density at radius 2 is 1.94 bits per heavy atom. The molecule has 1 aromatic rings. The van der Waals surface area contributed by atoms with Gasteiger partial charge in [0.2, 0.25) is 11.5 Å². The first-order chi connectivity index (χ1) is 7.77. The molecule has 0 saturated heterocycles. The van der Waals surface area contributed by atoms with Crippen LogP contribution in [0.5, 0.6) is 0 Å². The number of hydrogen-bond acceptors (Lipinski definition) is 2. The molecular formula is C14H17FO2. The van der Waals surface area contributed by atoms with Gasteiger partial charge in [-0.15, -0.1) is 0 Å². The molecule has 0 heterocycles. The number of halogens is 1. The Balaban J connectivity index is 2.42. The largest absolute Gasteiger partial charge is 0.389 e. The Hall–Kier alpha value is -1.22. The van der Waals surface area contributed by atoms with E-state index in [1.54, 1.807) is 45.0 Å². The number of alkyl halides is 1. The highest BCUT2D eigenvalue weighted by atomic mass is 19.1. The molecule has 2 atom stereocenters. The van der Waals surface area contributed by atoms with Gasteiger partial charge >= 0.3 is 0 Å². The van der Waals surface area contributed by atoms with Gasteiger partial charge in [0.15, 0.2) is 0 Å². The number of benzene rings is 1. The molecule has 0 bridgehead atoms. The van der Waals surface area contributed by atoms with Gasteiger partial charge in [-0.05, 0) is 11.0 Å². The topological polar surface area (TPSA) is 37.3 Å². The summed E-state index contributed by atoms with van der Waals surface area (Å²) in [5, 5.41) is 10.1. The Morgan fingerprint density at radius 3 is 2.47 bits per heavy atom. The van der Waals surface area contributed by atoms with Crippen molar-refractivity contribution in [3.63, 3.8) is 0 Å². The van der Waals surface area contributed by atoms with Crippen LogP contribution in [0.3, 0.4) is 0 Å². The molecule has 1 N–H and O–H groups in total. The van der Waals surface area contributed by atoms with Crippen molar-refractivity contribution in [1.29, 1.82) is 0 Å². The number of ketones is 1. The fourth-order valence-electron chi connectivity index (χ4n) is 2.38. The molecule has 2 rings (SSSR count). The van der Waals surface area contributed by atoms with E-state index < -0.39 is 23.0 Å². The SMILES string of the molecule is CC(C)(C)[C@@H](O)[C@]1(F)Cc2ccccc2C1=O. The van der Waals surface area contributed by atoms with Crippen molar-refractivity contribution in [2.75, 3.05) is 0 Å². The van der Waals surface area contributed by atoms with Gasteiger partial charge in [-0.1, -0.05) is 45.0 Å². The molecule has 2 nitrogen and oxygen atoms in total. The summed E-state index contributed by atoms with van der Waals surface area (Å²) in [4.78, 5) is 12.1. The quantitative estimate of drug-likeness (QED) is 0.813. The van der Waals surface area contributed by atoms with Crippen LogP contribution in [0.2, 0.25) is 0 Å². The van der Waals surface area contributed by atoms with Gasteiger partial charge in [-0.25, -0.2) is 4.39 Å². The molecule has 0 unspecified atom stereocenters. The minimum atomic E-state index is -2.18. The molecule has 92 valence electrons. The molecule has 0 radical (unpaired) electrons. The van der Waals surface area contributed by atoms with Crippen molar-refractivity contribution in [1.82, 2.24) is 0 Å². The Bertz CT molecular complexity index is 462. The number of carbonyl (C=O) groups excluding carboxylic acids is 1. The average molecular weight is 236 g/mol. The second-order valence-electron chi connectivity index (χ2n) is 5.79. The van der Waals surface area contributed by atoms with Gasteiger partial charge in [0.1, 0.15) is 6.10 Å². The summed E-state index contributed by atoms with van der Waals surface area (Å²) in [6, 6.07) is 6.85. The van der Waals surface area contributed by atoms with Crippen molar-refractivity contribution in [2.45, 2.75) is 39.0 Å². The molecule has 1 aliphatic rings. The van der Waals surface area contributed by atoms with Gasteiger partial charge < -0.3 is 5.11 Å². The number of carbonyl (C=O) groups is 1. The van der Waals surface area contributed by atoms with Crippen molar-refractivity contribution in [2.24, 2.45) is 5.41 Å². The minimum absolute atomic E-state index is 0.0273. The number of rotatable bonds is 1. The lowest BCUT2D eigenvalue weighted by Gasteiger charge is -2.34. The van der Waals surface area contributed by atoms with E-state index in [1.165, 1.54) is 0 Å². The molecular weight excluding hydrogens is 219 g/mol. The first kappa shape index (κ1) is 12.2. The van der Waals surface area contributed by atoms with Gasteiger partial charge in [0.25, 0.3) is 0 Å². The lowest BCUT2D eigenvalue weighted by molar-refractivity contribution is -0.0493. The lowest BCUT2D eigenvalue weighted by atomic mass is 9.77. The predicted octanol–water partition coefficient (Wildman–Crippen LogP) is 2.54. The summed E-state index contributed by atoms with van der Waals surface area (Å²) >= 11 is 0. The van der Waals surface area contributed by atoms with Gasteiger partial charge in [0, 0.05) is 12.0 Å². The van der Waals surface area contributed by atoms with E-state index in [9.17, 15) is 14.3 Å². The summed E-state index contributed by atoms with van der Waals surface area (Å²) in [7, 11) is 0. The van der Waals surface area contributed by atoms with Crippen LogP contribution in [0, 0.1) is 5.41 Å². The molecule has 0 saturated carbocycles. The lowest BCUT2D eigenvalue weighted by Crippen LogP contribution is -2.50. The van der Waals surface area contributed by atoms with Crippen LogP contribution in [0.1, 0.15) is 36.7 Å². The van der Waals surface area contributed by atoms with Crippen LogP contribution in [-0.4, -0.2) is 22.7 Å². The van der Waals surface area contributed by atoms with Gasteiger partial charge in [-0.3, -0.25) is 4.79 Å². The average Bonchev–Trinajstić information content (AvgIpc) is 2.51. The summed E-state index contributed by atoms with van der Waals surface area (Å²) in [5.41, 5.74) is -1.75. The van der Waals surface area contributed by atoms with E-state index in [-0.39, 0.29) is 6.42 Å². The van der Waals surface area contributed by atoms with Gasteiger partial charge in [-0.2, -0.15) is 0 Å². The fourth-order valence-corrected chi connectivity index (χ4v) is 2.38. The summed E-state index contributed by atoms with van der Waals surface area (Å²) < 4.78 is 14.8. The minimum Gasteiger partial charge on any atom is -0.389 e. The third-order valence-corrected chi connectivity index (χ3v) is 3.34. The highest BCUT2D eigenvalue weighted by Crippen LogP contribution is 2.41. The Kier molecular flexibility index (Phi) is 2.62. The third-order valence-electron chi connectivity index (χ3n) is 3.34. The third kappa shape index (κ3) is 1.78. The number of Topliss-reactive ketones (excluding diaryl/α,β-unsaturated/α-hetero) is 1. The number of aliphatic hydroxyl groups is 1. The van der Waals surface area contributed by atoms with E-state index >= 15 is 0 Å². The Labute approximate surface area is 100 Å². The second kappa shape index (κ2) is 3.64. The van der Waals surface area contributed by atoms with E-state index in [1.807, 2.05) is 0 Å². The fraction of sp³-hybridized carbons (Fsp3) is 0.500. The number of hydrogen-bond donors (Lipinski definition) is 1. The van der Waals surface area contributed by atoms with Gasteiger partial charge in [0.05, 0.1) is 0 Å². The van der Waals surface area contributed by atoms with E-state index in [4.69, 9.17) is 0 Å². The highest BCUT2D eigenvalue weighted by molar-refractivity contribution is 6.07. The first-order valence-electron chi connectivity index (χ1n) is 5.76. The van der Waals surface area contributed by atoms with E-state index in [2.05, 4.69) is 0 Å². The molecule has 17 heavy (non-hydrogen) atoms. The van der Waals surface area contributed by atoms with Crippen LogP contribution in [0.4, 0.5) is 4.39 Å². The maximum absolute atomic E-state index is 14.8. The summed E-state index contributed by atoms with van der Waals surface area (Å²) in [5.74, 6) is -0.587. The summed E-state index contributed by atoms with van der Waals surface area (Å²) in [6.45, 7) is 5.19. The monoisotopic (exact) mass is 236 g/mol. The number of aliphatic hydroxyl groups excluding tert-OH is 1. The zero-order valence-corrected chi connectivity index (χ0v) is 10.3. The van der Waals surface area contributed by atoms with Crippen LogP contribution in [-0.2, 0) is 6.42 Å². The molecule has 0 spiro atoms. The highest BCUT2D eigenvalue weighted by Gasteiger charge is 2.54. The van der Waals surface area contributed by atoms with Crippen molar-refractivity contribution < 1.29 is 14.3 Å². The number of fused-ring (bicyclic) bond motifs is 1. The molecule has 1 aromatic carbocycles. The van der Waals surface area contributed by atoms with Crippen molar-refractivity contribution in [3.05, 3.63) is 35.4 Å². The Morgan fingerprint density at radius 1 is 1.35 bits per heavy atom. The molecule has 0 aromatic heterocycles. The maximum Gasteiger partial charge on any atom is 0.203 e. The smallest absolute Gasteiger partial charge is 0.203 e. The molecule has 0 aliphatic heterocycles. The van der Waals surface area contributed by atoms with Crippen molar-refractivity contribution in [3.8, 4) is 0 Å². The second-order valence-corrected chi connectivity index (χ2v) is 5.79. The van der Waals surface area contributed by atoms with Crippen LogP contribution in [0.15, 0.2) is 24.3 Å². The zero-order chi connectivity index (χ0) is 12.8. The summed E-state index contributed by atoms with van der Waals surface area (Å²) in [6.07, 6.45) is -1.32. The molecule has 3 heteroatoms. The molecule has 0 amide bonds. The first-order valence-corrected chi connectivity index (χ1v) is 5.76. The van der Waals surface area contributed by atoms with E-state index in [0.29, 0.717) is 11.1 Å². The standard InChI is InChI=1S/C14H17FO2/c1-13(2,3)12(17)14(15)8-9-6-4-5-7-10(9)11(14)16/h4-7,12,17H,8H2,1-3H3/t12-,14+/m1/s1.